The van der Waals surface area contributed by atoms with E-state index in [4.69, 9.17) is 10.0 Å². The lowest BCUT2D eigenvalue weighted by Gasteiger charge is -2.09. The molecule has 0 aliphatic heterocycles. The summed E-state index contributed by atoms with van der Waals surface area (Å²) >= 11 is 1.05. The van der Waals surface area contributed by atoms with Crippen molar-refractivity contribution < 1.29 is 23.3 Å². The first-order chi connectivity index (χ1) is 9.81. The van der Waals surface area contributed by atoms with E-state index in [0.29, 0.717) is 0 Å². The largest absolute Gasteiger partial charge is 0.488 e. The van der Waals surface area contributed by atoms with Crippen molar-refractivity contribution in [3.05, 3.63) is 40.6 Å². The van der Waals surface area contributed by atoms with Crippen molar-refractivity contribution in [3.63, 3.8) is 0 Å². The molecule has 0 saturated carbocycles. The summed E-state index contributed by atoms with van der Waals surface area (Å²) in [5, 5.41) is 19.7. The number of anilines is 1. The molecule has 9 heteroatoms. The third-order valence-corrected chi connectivity index (χ3v) is 5.24. The highest BCUT2D eigenvalue weighted by Gasteiger charge is 2.22. The predicted molar refractivity (Wildman–Crippen MR) is 81.4 cm³/mol. The summed E-state index contributed by atoms with van der Waals surface area (Å²) in [4.78, 5) is 11.5. The van der Waals surface area contributed by atoms with Crippen LogP contribution in [0.1, 0.15) is 16.6 Å². The van der Waals surface area contributed by atoms with Crippen molar-refractivity contribution in [2.45, 2.75) is 11.8 Å². The van der Waals surface area contributed by atoms with Gasteiger partial charge in [0.05, 0.1) is 4.88 Å². The molecule has 0 fully saturated rings. The Morgan fingerprint density at radius 1 is 1.29 bits per heavy atom. The molecule has 110 valence electrons. The Bertz CT molecular complexity index is 769. The van der Waals surface area contributed by atoms with Gasteiger partial charge in [-0.05, 0) is 36.0 Å². The first-order valence-corrected chi connectivity index (χ1v) is 8.25. The average molecular weight is 325 g/mol. The van der Waals surface area contributed by atoms with Crippen LogP contribution in [0.5, 0.6) is 0 Å². The molecule has 0 spiro atoms. The van der Waals surface area contributed by atoms with Crippen molar-refractivity contribution in [2.24, 2.45) is 0 Å². The summed E-state index contributed by atoms with van der Waals surface area (Å²) in [6.45, 7) is 1.30. The van der Waals surface area contributed by atoms with Crippen LogP contribution in [0, 0.1) is 0 Å². The molecule has 0 bridgehead atoms. The van der Waals surface area contributed by atoms with E-state index in [1.807, 2.05) is 0 Å². The van der Waals surface area contributed by atoms with Gasteiger partial charge in [0.15, 0.2) is 5.78 Å². The zero-order valence-corrected chi connectivity index (χ0v) is 12.6. The van der Waals surface area contributed by atoms with Crippen LogP contribution in [-0.4, -0.2) is 31.4 Å². The molecular formula is C12H12BNO5S2. The van der Waals surface area contributed by atoms with Gasteiger partial charge in [-0.3, -0.25) is 9.52 Å². The molecule has 0 unspecified atom stereocenters. The van der Waals surface area contributed by atoms with E-state index in [9.17, 15) is 13.2 Å². The minimum atomic E-state index is -3.91. The number of sulfonamides is 1. The molecule has 1 aromatic carbocycles. The molecule has 3 N–H and O–H groups in total. The normalized spacial score (nSPS) is 11.2. The fraction of sp³-hybridized carbons (Fsp3) is 0.0833. The number of hydrogen-bond donors (Lipinski definition) is 3. The molecule has 2 aromatic rings. The van der Waals surface area contributed by atoms with Crippen LogP contribution < -0.4 is 10.2 Å². The topological polar surface area (TPSA) is 104 Å². The number of thiophene rings is 1. The van der Waals surface area contributed by atoms with E-state index in [-0.39, 0.29) is 26.7 Å². The van der Waals surface area contributed by atoms with Crippen LogP contribution in [-0.2, 0) is 10.0 Å². The Morgan fingerprint density at radius 2 is 2.00 bits per heavy atom. The van der Waals surface area contributed by atoms with Crippen LogP contribution in [0.3, 0.4) is 0 Å². The van der Waals surface area contributed by atoms with E-state index < -0.39 is 17.1 Å². The van der Waals surface area contributed by atoms with Crippen molar-refractivity contribution in [1.29, 1.82) is 0 Å². The fourth-order valence-corrected chi connectivity index (χ4v) is 4.17. The zero-order valence-electron chi connectivity index (χ0n) is 11.0. The number of Topliss-reactive ketones (excluding diaryl/α,β-unsaturated/α-hetero) is 1. The second kappa shape index (κ2) is 5.98. The van der Waals surface area contributed by atoms with E-state index >= 15 is 0 Å². The van der Waals surface area contributed by atoms with Gasteiger partial charge in [-0.1, -0.05) is 12.1 Å². The third-order valence-electron chi connectivity index (χ3n) is 2.68. The van der Waals surface area contributed by atoms with Gasteiger partial charge in [-0.15, -0.1) is 11.3 Å². The first kappa shape index (κ1) is 15.7. The summed E-state index contributed by atoms with van der Waals surface area (Å²) in [6.07, 6.45) is 0. The van der Waals surface area contributed by atoms with Crippen molar-refractivity contribution >= 4 is 45.4 Å². The molecule has 21 heavy (non-hydrogen) atoms. The molecule has 0 atom stereocenters. The van der Waals surface area contributed by atoms with Crippen molar-refractivity contribution in [2.75, 3.05) is 4.72 Å². The number of nitrogens with one attached hydrogen (secondary N) is 1. The number of hydrogen-bond acceptors (Lipinski definition) is 6. The van der Waals surface area contributed by atoms with Gasteiger partial charge in [0.1, 0.15) is 4.90 Å². The Kier molecular flexibility index (Phi) is 4.47. The maximum absolute atomic E-state index is 12.3. The summed E-state index contributed by atoms with van der Waals surface area (Å²) in [6, 6.07) is 7.08. The van der Waals surface area contributed by atoms with Crippen LogP contribution in [0.2, 0.25) is 0 Å². The molecule has 0 aliphatic carbocycles. The first-order valence-electron chi connectivity index (χ1n) is 5.88. The second-order valence-electron chi connectivity index (χ2n) is 4.27. The van der Waals surface area contributed by atoms with E-state index in [2.05, 4.69) is 4.72 Å². The van der Waals surface area contributed by atoms with Gasteiger partial charge in [-0.25, -0.2) is 8.42 Å². The van der Waals surface area contributed by atoms with E-state index in [1.54, 1.807) is 0 Å². The lowest BCUT2D eigenvalue weighted by atomic mass is 9.80. The number of carbonyl (C=O) groups excluding carboxylic acids is 1. The predicted octanol–water partition coefficient (Wildman–Crippen LogP) is 0.431. The molecule has 2 rings (SSSR count). The summed E-state index contributed by atoms with van der Waals surface area (Å²) in [5.74, 6) is -0.329. The maximum atomic E-state index is 12.3. The highest BCUT2D eigenvalue weighted by Crippen LogP contribution is 2.24. The molecule has 1 heterocycles. The minimum Gasteiger partial charge on any atom is -0.423 e. The smallest absolute Gasteiger partial charge is 0.423 e. The Hall–Kier alpha value is -1.68. The maximum Gasteiger partial charge on any atom is 0.488 e. The van der Waals surface area contributed by atoms with Crippen molar-refractivity contribution in [3.8, 4) is 0 Å². The van der Waals surface area contributed by atoms with Gasteiger partial charge in [-0.2, -0.15) is 0 Å². The van der Waals surface area contributed by atoms with Gasteiger partial charge < -0.3 is 10.0 Å². The zero-order chi connectivity index (χ0) is 15.6. The Morgan fingerprint density at radius 3 is 2.62 bits per heavy atom. The fourth-order valence-electron chi connectivity index (χ4n) is 1.74. The number of carbonyl (C=O) groups is 1. The van der Waals surface area contributed by atoms with Gasteiger partial charge >= 0.3 is 7.12 Å². The second-order valence-corrected chi connectivity index (χ2v) is 6.84. The minimum absolute atomic E-state index is 0.0880. The molecule has 0 saturated heterocycles. The molecule has 1 aromatic heterocycles. The van der Waals surface area contributed by atoms with Crippen LogP contribution in [0.4, 0.5) is 5.69 Å². The van der Waals surface area contributed by atoms with Gasteiger partial charge in [0, 0.05) is 5.69 Å². The lowest BCUT2D eigenvalue weighted by Crippen LogP contribution is -2.30. The third kappa shape index (κ3) is 3.51. The molecule has 0 amide bonds. The van der Waals surface area contributed by atoms with E-state index in [0.717, 1.165) is 11.3 Å². The molecule has 0 aliphatic rings. The SMILES string of the molecule is CC(=O)c1sccc1S(=O)(=O)Nc1cccc(B(O)O)c1. The molecule has 6 nitrogen and oxygen atoms in total. The monoisotopic (exact) mass is 325 g/mol. The molecular weight excluding hydrogens is 313 g/mol. The number of rotatable bonds is 5. The summed E-state index contributed by atoms with van der Waals surface area (Å²) in [7, 11) is -5.60. The number of benzene rings is 1. The highest BCUT2D eigenvalue weighted by molar-refractivity contribution is 7.93. The van der Waals surface area contributed by atoms with E-state index in [1.165, 1.54) is 42.6 Å². The lowest BCUT2D eigenvalue weighted by molar-refractivity contribution is 0.101. The van der Waals surface area contributed by atoms with Crippen molar-refractivity contribution in [1.82, 2.24) is 0 Å². The number of ketones is 1. The van der Waals surface area contributed by atoms with Gasteiger partial charge in [0.2, 0.25) is 0 Å². The average Bonchev–Trinajstić information content (AvgIpc) is 2.88. The van der Waals surface area contributed by atoms with Crippen LogP contribution in [0.25, 0.3) is 0 Å². The van der Waals surface area contributed by atoms with Gasteiger partial charge in [0.25, 0.3) is 10.0 Å². The van der Waals surface area contributed by atoms with Crippen LogP contribution >= 0.6 is 11.3 Å². The Labute approximate surface area is 126 Å². The highest BCUT2D eigenvalue weighted by atomic mass is 32.2. The standard InChI is InChI=1S/C12H12BNO5S2/c1-8(15)12-11(5-6-20-12)21(18,19)14-10-4-2-3-9(7-10)13(16)17/h2-7,14,16-17H,1H3. The molecule has 0 radical (unpaired) electrons. The summed E-state index contributed by atoms with van der Waals surface area (Å²) in [5.41, 5.74) is 0.341. The summed E-state index contributed by atoms with van der Waals surface area (Å²) < 4.78 is 26.9. The van der Waals surface area contributed by atoms with Crippen LogP contribution in [0.15, 0.2) is 40.6 Å². The quantitative estimate of drug-likeness (QED) is 0.546. The Balaban J connectivity index is 2.36.